The minimum absolute atomic E-state index is 0.00351. The molecule has 0 saturated carbocycles. The molecule has 3 aromatic carbocycles. The number of benzene rings is 3. The number of rotatable bonds is 1. The minimum Gasteiger partial charge on any atom is -0.436 e. The van der Waals surface area contributed by atoms with Crippen molar-refractivity contribution in [3.63, 3.8) is 0 Å². The topological polar surface area (TPSA) is 26.0 Å². The van der Waals surface area contributed by atoms with Crippen molar-refractivity contribution < 1.29 is 4.42 Å². The van der Waals surface area contributed by atoms with Crippen LogP contribution in [0.5, 0.6) is 0 Å². The second kappa shape index (κ2) is 5.57. The van der Waals surface area contributed by atoms with E-state index in [2.05, 4.69) is 89.2 Å². The van der Waals surface area contributed by atoms with Crippen molar-refractivity contribution in [3.05, 3.63) is 77.4 Å². The normalized spacial score (nSPS) is 14.9. The van der Waals surface area contributed by atoms with Crippen LogP contribution in [0.1, 0.15) is 51.3 Å². The molecule has 0 N–H and O–H groups in total. The van der Waals surface area contributed by atoms with Crippen molar-refractivity contribution in [2.24, 2.45) is 0 Å². The summed E-state index contributed by atoms with van der Waals surface area (Å²) in [7, 11) is 0. The van der Waals surface area contributed by atoms with Crippen LogP contribution in [-0.4, -0.2) is 4.98 Å². The van der Waals surface area contributed by atoms with E-state index in [1.165, 1.54) is 27.8 Å². The van der Waals surface area contributed by atoms with Gasteiger partial charge in [-0.1, -0.05) is 83.1 Å². The maximum absolute atomic E-state index is 6.41. The van der Waals surface area contributed by atoms with Gasteiger partial charge < -0.3 is 4.42 Å². The van der Waals surface area contributed by atoms with Gasteiger partial charge in [0.2, 0.25) is 5.89 Å². The molecule has 1 aliphatic carbocycles. The Kier molecular flexibility index (Phi) is 3.43. The van der Waals surface area contributed by atoms with Gasteiger partial charge in [-0.2, -0.15) is 0 Å². The molecule has 0 amide bonds. The van der Waals surface area contributed by atoms with Gasteiger partial charge in [0.05, 0.1) is 0 Å². The first-order valence-corrected chi connectivity index (χ1v) is 9.92. The lowest BCUT2D eigenvalue weighted by atomic mass is 9.82. The molecule has 0 bridgehead atoms. The summed E-state index contributed by atoms with van der Waals surface area (Å²) in [6.45, 7) is 11.2. The molecule has 0 saturated heterocycles. The van der Waals surface area contributed by atoms with Crippen molar-refractivity contribution in [2.75, 3.05) is 0 Å². The molecule has 0 radical (unpaired) electrons. The van der Waals surface area contributed by atoms with Crippen LogP contribution in [0.2, 0.25) is 0 Å². The largest absolute Gasteiger partial charge is 0.436 e. The fourth-order valence-electron chi connectivity index (χ4n) is 4.59. The highest BCUT2D eigenvalue weighted by molar-refractivity contribution is 5.92. The number of aromatic nitrogens is 1. The van der Waals surface area contributed by atoms with Crippen LogP contribution in [0.3, 0.4) is 0 Å². The summed E-state index contributed by atoms with van der Waals surface area (Å²) >= 11 is 0. The Morgan fingerprint density at radius 1 is 0.786 bits per heavy atom. The number of nitrogens with zero attached hydrogens (tertiary/aromatic N) is 1. The Hall–Kier alpha value is -2.87. The quantitative estimate of drug-likeness (QED) is 0.359. The van der Waals surface area contributed by atoms with Gasteiger partial charge in [-0.15, -0.1) is 0 Å². The second-order valence-corrected chi connectivity index (χ2v) is 9.32. The third kappa shape index (κ3) is 2.30. The molecule has 0 unspecified atom stereocenters. The smallest absolute Gasteiger partial charge is 0.227 e. The van der Waals surface area contributed by atoms with Crippen LogP contribution in [0.4, 0.5) is 0 Å². The summed E-state index contributed by atoms with van der Waals surface area (Å²) in [6.07, 6.45) is 0. The lowest BCUT2D eigenvalue weighted by Gasteiger charge is -2.21. The molecule has 0 atom stereocenters. The summed E-state index contributed by atoms with van der Waals surface area (Å²) < 4.78 is 6.41. The monoisotopic (exact) mass is 367 g/mol. The zero-order valence-corrected chi connectivity index (χ0v) is 17.1. The Labute approximate surface area is 166 Å². The molecule has 2 heteroatoms. The number of hydrogen-bond donors (Lipinski definition) is 0. The fourth-order valence-corrected chi connectivity index (χ4v) is 4.59. The zero-order valence-electron chi connectivity index (χ0n) is 17.1. The van der Waals surface area contributed by atoms with Gasteiger partial charge in [0.1, 0.15) is 5.52 Å². The minimum atomic E-state index is -0.0233. The van der Waals surface area contributed by atoms with Gasteiger partial charge in [-0.25, -0.2) is 4.98 Å². The van der Waals surface area contributed by atoms with E-state index in [0.29, 0.717) is 5.89 Å². The number of para-hydroxylation sites is 1. The molecule has 1 heterocycles. The van der Waals surface area contributed by atoms with Gasteiger partial charge in [0.15, 0.2) is 5.58 Å². The molecule has 0 spiro atoms. The molecule has 1 aliphatic rings. The van der Waals surface area contributed by atoms with E-state index in [9.17, 15) is 0 Å². The lowest BCUT2D eigenvalue weighted by Crippen LogP contribution is -2.14. The van der Waals surface area contributed by atoms with E-state index in [0.717, 1.165) is 16.7 Å². The van der Waals surface area contributed by atoms with E-state index in [1.807, 2.05) is 6.07 Å². The zero-order chi connectivity index (χ0) is 19.7. The van der Waals surface area contributed by atoms with Crippen molar-refractivity contribution >= 4 is 11.1 Å². The maximum Gasteiger partial charge on any atom is 0.227 e. The molecule has 0 fully saturated rings. The van der Waals surface area contributed by atoms with Crippen LogP contribution in [0.25, 0.3) is 33.7 Å². The van der Waals surface area contributed by atoms with Crippen LogP contribution in [-0.2, 0) is 10.8 Å². The van der Waals surface area contributed by atoms with Gasteiger partial charge in [-0.3, -0.25) is 0 Å². The number of oxazole rings is 1. The van der Waals surface area contributed by atoms with Gasteiger partial charge >= 0.3 is 0 Å². The third-order valence-electron chi connectivity index (χ3n) is 6.06. The Bertz CT molecular complexity index is 1220. The van der Waals surface area contributed by atoms with Crippen molar-refractivity contribution in [2.45, 2.75) is 45.4 Å². The van der Waals surface area contributed by atoms with Crippen molar-refractivity contribution in [1.82, 2.24) is 4.98 Å². The first kappa shape index (κ1) is 17.2. The van der Waals surface area contributed by atoms with E-state index in [4.69, 9.17) is 9.40 Å². The molecule has 28 heavy (non-hydrogen) atoms. The first-order valence-electron chi connectivity index (χ1n) is 9.92. The van der Waals surface area contributed by atoms with E-state index < -0.39 is 0 Å². The van der Waals surface area contributed by atoms with Crippen molar-refractivity contribution in [3.8, 4) is 22.6 Å². The summed E-state index contributed by atoms with van der Waals surface area (Å²) in [5.74, 6) is 0.705. The Balaban J connectivity index is 1.80. The SMILES string of the molecule is CC(C)(C)c1cccc2nc(-c3cccc4c3-c3ccccc3C4(C)C)oc12. The van der Waals surface area contributed by atoms with Crippen LogP contribution in [0.15, 0.2) is 65.1 Å². The van der Waals surface area contributed by atoms with Gasteiger partial charge in [0.25, 0.3) is 0 Å². The maximum atomic E-state index is 6.41. The molecule has 2 nitrogen and oxygen atoms in total. The molecule has 0 aliphatic heterocycles. The summed E-state index contributed by atoms with van der Waals surface area (Å²) in [5.41, 5.74) is 9.31. The van der Waals surface area contributed by atoms with Crippen LogP contribution in [0, 0.1) is 0 Å². The summed E-state index contributed by atoms with van der Waals surface area (Å²) in [4.78, 5) is 4.89. The highest BCUT2D eigenvalue weighted by Crippen LogP contribution is 2.52. The van der Waals surface area contributed by atoms with Crippen LogP contribution < -0.4 is 0 Å². The van der Waals surface area contributed by atoms with E-state index in [-0.39, 0.29) is 10.8 Å². The van der Waals surface area contributed by atoms with Gasteiger partial charge in [-0.05, 0) is 39.8 Å². The van der Waals surface area contributed by atoms with E-state index >= 15 is 0 Å². The molecule has 5 rings (SSSR count). The Morgan fingerprint density at radius 2 is 1.46 bits per heavy atom. The highest BCUT2D eigenvalue weighted by atomic mass is 16.3. The first-order chi connectivity index (χ1) is 13.3. The average Bonchev–Trinajstić information content (AvgIpc) is 3.19. The number of hydrogen-bond acceptors (Lipinski definition) is 2. The lowest BCUT2D eigenvalue weighted by molar-refractivity contribution is 0.561. The van der Waals surface area contributed by atoms with E-state index in [1.54, 1.807) is 0 Å². The molecule has 1 aromatic heterocycles. The average molecular weight is 367 g/mol. The second-order valence-electron chi connectivity index (χ2n) is 9.32. The third-order valence-corrected chi connectivity index (χ3v) is 6.06. The van der Waals surface area contributed by atoms with Crippen LogP contribution >= 0.6 is 0 Å². The Morgan fingerprint density at radius 3 is 2.25 bits per heavy atom. The fraction of sp³-hybridized carbons (Fsp3) is 0.269. The highest BCUT2D eigenvalue weighted by Gasteiger charge is 2.37. The predicted molar refractivity (Wildman–Crippen MR) is 116 cm³/mol. The standard InChI is InChI=1S/C26H25NO/c1-25(2,3)20-14-9-15-21-23(20)28-24(27-21)17-11-8-13-19-22(17)16-10-6-7-12-18(16)26(19,4)5/h6-15H,1-5H3. The van der Waals surface area contributed by atoms with Gasteiger partial charge in [0, 0.05) is 16.5 Å². The summed E-state index contributed by atoms with van der Waals surface area (Å²) in [5, 5.41) is 0. The molecular formula is C26H25NO. The molecule has 140 valence electrons. The van der Waals surface area contributed by atoms with Crippen molar-refractivity contribution in [1.29, 1.82) is 0 Å². The molecule has 4 aromatic rings. The molecular weight excluding hydrogens is 342 g/mol. The predicted octanol–water partition coefficient (Wildman–Crippen LogP) is 7.10. The number of fused-ring (bicyclic) bond motifs is 4. The summed E-state index contributed by atoms with van der Waals surface area (Å²) in [6, 6.07) is 21.5.